The van der Waals surface area contributed by atoms with Gasteiger partial charge in [0.2, 0.25) is 0 Å². The minimum absolute atomic E-state index is 0.803. The van der Waals surface area contributed by atoms with Crippen LogP contribution in [0.15, 0.2) is 35.7 Å². The molecule has 3 aromatic rings. The van der Waals surface area contributed by atoms with Crippen LogP contribution in [-0.4, -0.2) is 24.1 Å². The maximum Gasteiger partial charge on any atom is 0.191 e. The van der Waals surface area contributed by atoms with Crippen molar-refractivity contribution in [3.8, 4) is 0 Å². The zero-order valence-electron chi connectivity index (χ0n) is 10.9. The lowest BCUT2D eigenvalue weighted by Crippen LogP contribution is -1.97. The zero-order valence-corrected chi connectivity index (χ0v) is 11.8. The van der Waals surface area contributed by atoms with E-state index in [-0.39, 0.29) is 0 Å². The Labute approximate surface area is 115 Å². The van der Waals surface area contributed by atoms with E-state index < -0.39 is 0 Å². The molecular formula is C13H15N5S. The van der Waals surface area contributed by atoms with Crippen LogP contribution in [0.1, 0.15) is 18.4 Å². The molecule has 0 aliphatic heterocycles. The Morgan fingerprint density at radius 3 is 2.89 bits per heavy atom. The van der Waals surface area contributed by atoms with Gasteiger partial charge in [-0.1, -0.05) is 24.8 Å². The fourth-order valence-corrected chi connectivity index (χ4v) is 2.79. The van der Waals surface area contributed by atoms with Crippen molar-refractivity contribution in [2.24, 2.45) is 7.05 Å². The fraction of sp³-hybridized carbons (Fsp3) is 0.308. The van der Waals surface area contributed by atoms with Crippen molar-refractivity contribution in [1.29, 1.82) is 0 Å². The largest absolute Gasteiger partial charge is 0.309 e. The summed E-state index contributed by atoms with van der Waals surface area (Å²) in [6.07, 6.45) is 4.96. The van der Waals surface area contributed by atoms with Crippen LogP contribution in [0.5, 0.6) is 0 Å². The predicted octanol–water partition coefficient (Wildman–Crippen LogP) is 2.32. The van der Waals surface area contributed by atoms with Gasteiger partial charge in [-0.2, -0.15) is 0 Å². The van der Waals surface area contributed by atoms with Crippen molar-refractivity contribution >= 4 is 17.4 Å². The van der Waals surface area contributed by atoms with Crippen LogP contribution < -0.4 is 0 Å². The van der Waals surface area contributed by atoms with Gasteiger partial charge in [0.05, 0.1) is 5.69 Å². The molecule has 0 atom stereocenters. The molecule has 0 fully saturated rings. The lowest BCUT2D eigenvalue weighted by Gasteiger charge is -2.00. The molecule has 3 aromatic heterocycles. The number of aryl methyl sites for hydroxylation is 1. The maximum atomic E-state index is 4.57. The number of thioether (sulfide) groups is 1. The Morgan fingerprint density at radius 1 is 1.26 bits per heavy atom. The molecule has 19 heavy (non-hydrogen) atoms. The van der Waals surface area contributed by atoms with Crippen LogP contribution in [0, 0.1) is 0 Å². The third-order valence-corrected chi connectivity index (χ3v) is 4.06. The molecule has 0 saturated carbocycles. The molecule has 98 valence electrons. The first-order valence-corrected chi connectivity index (χ1v) is 7.20. The summed E-state index contributed by atoms with van der Waals surface area (Å²) >= 11 is 1.67. The van der Waals surface area contributed by atoms with Gasteiger partial charge in [0.1, 0.15) is 11.5 Å². The van der Waals surface area contributed by atoms with Crippen molar-refractivity contribution in [2.45, 2.75) is 24.3 Å². The molecule has 0 unspecified atom stereocenters. The van der Waals surface area contributed by atoms with Crippen molar-refractivity contribution < 1.29 is 0 Å². The second-order valence-electron chi connectivity index (χ2n) is 4.30. The first-order chi connectivity index (χ1) is 9.28. The van der Waals surface area contributed by atoms with Gasteiger partial charge in [-0.15, -0.1) is 10.2 Å². The average Bonchev–Trinajstić information content (AvgIpc) is 2.99. The lowest BCUT2D eigenvalue weighted by molar-refractivity contribution is 0.741. The Balaban J connectivity index is 1.76. The number of hydrogen-bond donors (Lipinski definition) is 0. The molecule has 0 aliphatic rings. The van der Waals surface area contributed by atoms with Crippen LogP contribution >= 0.6 is 11.8 Å². The van der Waals surface area contributed by atoms with Crippen LogP contribution in [0.4, 0.5) is 0 Å². The normalized spacial score (nSPS) is 11.3. The van der Waals surface area contributed by atoms with Gasteiger partial charge in [0, 0.05) is 31.6 Å². The SMILES string of the molecule is CCc1nnc(SCc2cn3ccccc3n2)n1C. The van der Waals surface area contributed by atoms with E-state index in [9.17, 15) is 0 Å². The molecule has 0 amide bonds. The third kappa shape index (κ3) is 2.35. The quantitative estimate of drug-likeness (QED) is 0.684. The molecule has 0 radical (unpaired) electrons. The number of nitrogens with zero attached hydrogens (tertiary/aromatic N) is 5. The molecule has 0 aliphatic carbocycles. The summed E-state index contributed by atoms with van der Waals surface area (Å²) in [6.45, 7) is 2.08. The molecule has 0 saturated heterocycles. The average molecular weight is 273 g/mol. The van der Waals surface area contributed by atoms with E-state index in [1.807, 2.05) is 40.4 Å². The number of rotatable bonds is 4. The standard InChI is InChI=1S/C13H15N5S/c1-3-11-15-16-13(17(11)2)19-9-10-8-18-7-5-4-6-12(18)14-10/h4-8H,3,9H2,1-2H3. The van der Waals surface area contributed by atoms with Gasteiger partial charge >= 0.3 is 0 Å². The highest BCUT2D eigenvalue weighted by Gasteiger charge is 2.09. The Kier molecular flexibility index (Phi) is 3.25. The van der Waals surface area contributed by atoms with E-state index in [1.165, 1.54) is 0 Å². The van der Waals surface area contributed by atoms with Gasteiger partial charge in [0.15, 0.2) is 5.16 Å². The summed E-state index contributed by atoms with van der Waals surface area (Å²) in [5, 5.41) is 9.29. The highest BCUT2D eigenvalue weighted by molar-refractivity contribution is 7.98. The summed E-state index contributed by atoms with van der Waals surface area (Å²) < 4.78 is 4.07. The first kappa shape index (κ1) is 12.2. The second-order valence-corrected chi connectivity index (χ2v) is 5.24. The molecule has 6 heteroatoms. The van der Waals surface area contributed by atoms with Gasteiger partial charge in [-0.25, -0.2) is 4.98 Å². The monoisotopic (exact) mass is 273 g/mol. The topological polar surface area (TPSA) is 48.0 Å². The third-order valence-electron chi connectivity index (χ3n) is 3.00. The van der Waals surface area contributed by atoms with E-state index >= 15 is 0 Å². The summed E-state index contributed by atoms with van der Waals surface area (Å²) in [6, 6.07) is 6.00. The minimum Gasteiger partial charge on any atom is -0.309 e. The maximum absolute atomic E-state index is 4.57. The molecule has 3 rings (SSSR count). The Hall–Kier alpha value is -1.82. The van der Waals surface area contributed by atoms with Crippen LogP contribution in [-0.2, 0) is 19.2 Å². The molecule has 0 spiro atoms. The van der Waals surface area contributed by atoms with Crippen LogP contribution in [0.25, 0.3) is 5.65 Å². The molecule has 3 heterocycles. The molecule has 0 aromatic carbocycles. The smallest absolute Gasteiger partial charge is 0.191 e. The predicted molar refractivity (Wildman–Crippen MR) is 75.1 cm³/mol. The summed E-state index contributed by atoms with van der Waals surface area (Å²) in [5.41, 5.74) is 2.03. The van der Waals surface area contributed by atoms with Gasteiger partial charge in [-0.3, -0.25) is 0 Å². The van der Waals surface area contributed by atoms with Crippen LogP contribution in [0.2, 0.25) is 0 Å². The van der Waals surface area contributed by atoms with E-state index in [0.717, 1.165) is 34.5 Å². The van der Waals surface area contributed by atoms with E-state index in [2.05, 4.69) is 28.3 Å². The zero-order chi connectivity index (χ0) is 13.2. The van der Waals surface area contributed by atoms with Crippen LogP contribution in [0.3, 0.4) is 0 Å². The van der Waals surface area contributed by atoms with Crippen molar-refractivity contribution in [2.75, 3.05) is 0 Å². The Bertz CT molecular complexity index is 667. The molecular weight excluding hydrogens is 258 g/mol. The summed E-state index contributed by atoms with van der Waals surface area (Å²) in [5.74, 6) is 1.81. The fourth-order valence-electron chi connectivity index (χ4n) is 1.97. The van der Waals surface area contributed by atoms with Crippen molar-refractivity contribution in [3.63, 3.8) is 0 Å². The van der Waals surface area contributed by atoms with E-state index in [4.69, 9.17) is 0 Å². The summed E-state index contributed by atoms with van der Waals surface area (Å²) in [4.78, 5) is 4.57. The highest BCUT2D eigenvalue weighted by Crippen LogP contribution is 2.21. The Morgan fingerprint density at radius 2 is 2.16 bits per heavy atom. The van der Waals surface area contributed by atoms with Gasteiger partial charge < -0.3 is 8.97 Å². The molecule has 0 N–H and O–H groups in total. The number of pyridine rings is 1. The highest BCUT2D eigenvalue weighted by atomic mass is 32.2. The first-order valence-electron chi connectivity index (χ1n) is 6.21. The lowest BCUT2D eigenvalue weighted by atomic mass is 10.5. The number of hydrogen-bond acceptors (Lipinski definition) is 4. The van der Waals surface area contributed by atoms with Crippen molar-refractivity contribution in [1.82, 2.24) is 24.1 Å². The second kappa shape index (κ2) is 5.05. The van der Waals surface area contributed by atoms with E-state index in [0.29, 0.717) is 0 Å². The summed E-state index contributed by atoms with van der Waals surface area (Å²) in [7, 11) is 2.00. The van der Waals surface area contributed by atoms with Gasteiger partial charge in [0.25, 0.3) is 0 Å². The number of imidazole rings is 1. The minimum atomic E-state index is 0.803. The number of aromatic nitrogens is 5. The molecule has 5 nitrogen and oxygen atoms in total. The van der Waals surface area contributed by atoms with E-state index in [1.54, 1.807) is 11.8 Å². The molecule has 0 bridgehead atoms. The van der Waals surface area contributed by atoms with Gasteiger partial charge in [-0.05, 0) is 12.1 Å². The number of fused-ring (bicyclic) bond motifs is 1. The van der Waals surface area contributed by atoms with Crippen molar-refractivity contribution in [3.05, 3.63) is 42.1 Å².